The summed E-state index contributed by atoms with van der Waals surface area (Å²) in [5, 5.41) is 0. The molecule has 0 spiro atoms. The molecule has 2 aliphatic rings. The van der Waals surface area contributed by atoms with E-state index in [1.807, 2.05) is 23.5 Å². The Balaban J connectivity index is 1.85. The maximum atomic E-state index is 6.19. The van der Waals surface area contributed by atoms with E-state index in [-0.39, 0.29) is 6.10 Å². The summed E-state index contributed by atoms with van der Waals surface area (Å²) in [5.74, 6) is 4.23. The third-order valence-corrected chi connectivity index (χ3v) is 7.53. The molecule has 0 radical (unpaired) electrons. The first-order valence-electron chi connectivity index (χ1n) is 7.22. The molecule has 3 rings (SSSR count). The van der Waals surface area contributed by atoms with Gasteiger partial charge in [0, 0.05) is 11.5 Å². The number of halogens is 1. The quantitative estimate of drug-likeness (QED) is 0.475. The summed E-state index contributed by atoms with van der Waals surface area (Å²) >= 11 is 6.40. The molecular weight excluding hydrogens is 415 g/mol. The Morgan fingerprint density at radius 3 is 2.71 bits per heavy atom. The molecule has 1 heterocycles. The maximum Gasteiger partial charge on any atom is 0.175 e. The van der Waals surface area contributed by atoms with Crippen molar-refractivity contribution in [1.29, 1.82) is 0 Å². The van der Waals surface area contributed by atoms with Crippen LogP contribution in [-0.2, 0) is 0 Å². The van der Waals surface area contributed by atoms with Gasteiger partial charge >= 0.3 is 0 Å². The van der Waals surface area contributed by atoms with E-state index in [0.29, 0.717) is 4.58 Å². The van der Waals surface area contributed by atoms with Crippen LogP contribution in [0, 0.1) is 3.57 Å². The SMILES string of the molecule is COc1cc(C2SCCS2)cc(I)c1OC1C=CCCC1. The monoisotopic (exact) mass is 434 g/mol. The van der Waals surface area contributed by atoms with Gasteiger partial charge in [-0.25, -0.2) is 0 Å². The van der Waals surface area contributed by atoms with Crippen LogP contribution in [0.25, 0.3) is 0 Å². The van der Waals surface area contributed by atoms with E-state index in [2.05, 4.69) is 46.9 Å². The first-order chi connectivity index (χ1) is 10.3. The number of allylic oxidation sites excluding steroid dienone is 1. The number of benzene rings is 1. The fourth-order valence-electron chi connectivity index (χ4n) is 2.57. The normalized spacial score (nSPS) is 22.5. The van der Waals surface area contributed by atoms with Gasteiger partial charge in [-0.15, -0.1) is 23.5 Å². The minimum Gasteiger partial charge on any atom is -0.493 e. The van der Waals surface area contributed by atoms with Gasteiger partial charge in [-0.1, -0.05) is 6.08 Å². The molecule has 114 valence electrons. The summed E-state index contributed by atoms with van der Waals surface area (Å²) in [7, 11) is 1.73. The topological polar surface area (TPSA) is 18.5 Å². The van der Waals surface area contributed by atoms with E-state index < -0.39 is 0 Å². The molecule has 2 nitrogen and oxygen atoms in total. The summed E-state index contributed by atoms with van der Waals surface area (Å²) in [5.41, 5.74) is 1.34. The van der Waals surface area contributed by atoms with E-state index in [1.54, 1.807) is 7.11 Å². The minimum atomic E-state index is 0.183. The predicted molar refractivity (Wildman–Crippen MR) is 101 cm³/mol. The third kappa shape index (κ3) is 3.85. The Hall–Kier alpha value is -0.0100. The van der Waals surface area contributed by atoms with Crippen molar-refractivity contribution < 1.29 is 9.47 Å². The molecule has 0 amide bonds. The van der Waals surface area contributed by atoms with Crippen LogP contribution in [-0.4, -0.2) is 24.7 Å². The Bertz CT molecular complexity index is 527. The molecule has 0 saturated carbocycles. The van der Waals surface area contributed by atoms with Crippen molar-refractivity contribution >= 4 is 46.1 Å². The number of methoxy groups -OCH3 is 1. The van der Waals surface area contributed by atoms with Gasteiger partial charge in [-0.3, -0.25) is 0 Å². The second kappa shape index (κ2) is 7.51. The lowest BCUT2D eigenvalue weighted by Gasteiger charge is -2.22. The highest BCUT2D eigenvalue weighted by Crippen LogP contribution is 2.48. The van der Waals surface area contributed by atoms with Crippen LogP contribution < -0.4 is 9.47 Å². The molecule has 1 aliphatic heterocycles. The fourth-order valence-corrected chi connectivity index (χ4v) is 6.14. The molecule has 1 saturated heterocycles. The second-order valence-electron chi connectivity index (χ2n) is 5.12. The molecule has 5 heteroatoms. The number of thioether (sulfide) groups is 2. The van der Waals surface area contributed by atoms with Crippen molar-refractivity contribution in [3.63, 3.8) is 0 Å². The van der Waals surface area contributed by atoms with E-state index in [4.69, 9.17) is 9.47 Å². The van der Waals surface area contributed by atoms with Gasteiger partial charge in [0.15, 0.2) is 11.5 Å². The second-order valence-corrected chi connectivity index (χ2v) is 9.01. The predicted octanol–water partition coefficient (Wildman–Crippen LogP) is 5.27. The van der Waals surface area contributed by atoms with Crippen molar-refractivity contribution in [3.8, 4) is 11.5 Å². The summed E-state index contributed by atoms with van der Waals surface area (Å²) < 4.78 is 13.5. The lowest BCUT2D eigenvalue weighted by molar-refractivity contribution is 0.217. The molecule has 1 atom stereocenters. The fraction of sp³-hybridized carbons (Fsp3) is 0.500. The lowest BCUT2D eigenvalue weighted by atomic mass is 10.1. The molecule has 1 aliphatic carbocycles. The van der Waals surface area contributed by atoms with Crippen LogP contribution in [0.5, 0.6) is 11.5 Å². The van der Waals surface area contributed by atoms with Crippen molar-refractivity contribution in [2.45, 2.75) is 29.9 Å². The minimum absolute atomic E-state index is 0.183. The summed E-state index contributed by atoms with van der Waals surface area (Å²) in [6.07, 6.45) is 8.04. The Labute approximate surface area is 148 Å². The molecule has 1 aromatic carbocycles. The zero-order valence-electron chi connectivity index (χ0n) is 12.0. The lowest BCUT2D eigenvalue weighted by Crippen LogP contribution is -2.16. The van der Waals surface area contributed by atoms with Gasteiger partial charge in [0.05, 0.1) is 15.3 Å². The Morgan fingerprint density at radius 2 is 2.05 bits per heavy atom. The van der Waals surface area contributed by atoms with Gasteiger partial charge in [-0.2, -0.15) is 0 Å². The van der Waals surface area contributed by atoms with Crippen molar-refractivity contribution in [2.75, 3.05) is 18.6 Å². The molecule has 21 heavy (non-hydrogen) atoms. The standard InChI is InChI=1S/C16H19IO2S2/c1-18-14-10-11(16-20-7-8-21-16)9-13(17)15(14)19-12-5-3-2-4-6-12/h3,5,9-10,12,16H,2,4,6-8H2,1H3. The smallest absolute Gasteiger partial charge is 0.175 e. The zero-order valence-corrected chi connectivity index (χ0v) is 15.8. The van der Waals surface area contributed by atoms with Crippen LogP contribution in [0.3, 0.4) is 0 Å². The van der Waals surface area contributed by atoms with Crippen LogP contribution >= 0.6 is 46.1 Å². The van der Waals surface area contributed by atoms with Crippen molar-refractivity contribution in [3.05, 3.63) is 33.4 Å². The highest BCUT2D eigenvalue weighted by atomic mass is 127. The molecule has 0 bridgehead atoms. The average molecular weight is 434 g/mol. The molecule has 0 aromatic heterocycles. The number of hydrogen-bond donors (Lipinski definition) is 0. The molecule has 0 N–H and O–H groups in total. The van der Waals surface area contributed by atoms with E-state index in [9.17, 15) is 0 Å². The van der Waals surface area contributed by atoms with E-state index in [1.165, 1.54) is 29.9 Å². The molecule has 1 unspecified atom stereocenters. The van der Waals surface area contributed by atoms with Gasteiger partial charge in [0.25, 0.3) is 0 Å². The van der Waals surface area contributed by atoms with E-state index >= 15 is 0 Å². The van der Waals surface area contributed by atoms with Crippen molar-refractivity contribution in [1.82, 2.24) is 0 Å². The summed E-state index contributed by atoms with van der Waals surface area (Å²) in [6, 6.07) is 4.40. The van der Waals surface area contributed by atoms with Crippen molar-refractivity contribution in [2.24, 2.45) is 0 Å². The summed E-state index contributed by atoms with van der Waals surface area (Å²) in [6.45, 7) is 0. The van der Waals surface area contributed by atoms with Crippen LogP contribution in [0.2, 0.25) is 0 Å². The molecule has 1 aromatic rings. The number of rotatable bonds is 4. The first kappa shape index (κ1) is 15.9. The first-order valence-corrected chi connectivity index (χ1v) is 10.4. The van der Waals surface area contributed by atoms with Gasteiger partial charge < -0.3 is 9.47 Å². The molecular formula is C16H19IO2S2. The Kier molecular flexibility index (Phi) is 5.67. The highest BCUT2D eigenvalue weighted by Gasteiger charge is 2.23. The Morgan fingerprint density at radius 1 is 1.24 bits per heavy atom. The summed E-state index contributed by atoms with van der Waals surface area (Å²) in [4.78, 5) is 0. The molecule has 1 fully saturated rings. The zero-order chi connectivity index (χ0) is 14.7. The van der Waals surface area contributed by atoms with Gasteiger partial charge in [0.1, 0.15) is 6.10 Å². The number of hydrogen-bond acceptors (Lipinski definition) is 4. The average Bonchev–Trinajstić information content (AvgIpc) is 3.04. The van der Waals surface area contributed by atoms with E-state index in [0.717, 1.165) is 21.5 Å². The highest BCUT2D eigenvalue weighted by molar-refractivity contribution is 14.1. The maximum absolute atomic E-state index is 6.19. The van der Waals surface area contributed by atoms with Crippen LogP contribution in [0.15, 0.2) is 24.3 Å². The van der Waals surface area contributed by atoms with Crippen LogP contribution in [0.4, 0.5) is 0 Å². The van der Waals surface area contributed by atoms with Gasteiger partial charge in [-0.05, 0) is 65.6 Å². The largest absolute Gasteiger partial charge is 0.493 e. The van der Waals surface area contributed by atoms with Gasteiger partial charge in [0.2, 0.25) is 0 Å². The third-order valence-electron chi connectivity index (χ3n) is 3.63. The van der Waals surface area contributed by atoms with Crippen LogP contribution in [0.1, 0.15) is 29.4 Å². The number of ether oxygens (including phenoxy) is 2.